The molecule has 0 saturated carbocycles. The lowest BCUT2D eigenvalue weighted by Gasteiger charge is -2.09. The monoisotopic (exact) mass is 308 g/mol. The van der Waals surface area contributed by atoms with Gasteiger partial charge in [0.2, 0.25) is 10.0 Å². The van der Waals surface area contributed by atoms with Crippen LogP contribution in [-0.4, -0.2) is 27.3 Å². The molecule has 1 rings (SSSR count). The Morgan fingerprint density at radius 1 is 1.32 bits per heavy atom. The number of nitrogens with one attached hydrogen (secondary N) is 2. The predicted octanol–water partition coefficient (Wildman–Crippen LogP) is 2.61. The smallest absolute Gasteiger partial charge is 0.232 e. The van der Waals surface area contributed by atoms with Crippen molar-refractivity contribution in [1.82, 2.24) is 5.32 Å². The number of sulfonamides is 1. The van der Waals surface area contributed by atoms with Gasteiger partial charge >= 0.3 is 0 Å². The van der Waals surface area contributed by atoms with E-state index in [1.54, 1.807) is 0 Å². The Hall–Kier alpha value is -0.850. The highest BCUT2D eigenvalue weighted by Gasteiger charge is 2.12. The molecule has 19 heavy (non-hydrogen) atoms. The molecular weight excluding hydrogens is 291 g/mol. The van der Waals surface area contributed by atoms with E-state index in [1.807, 2.05) is 6.92 Å². The molecule has 4 nitrogen and oxygen atoms in total. The van der Waals surface area contributed by atoms with Gasteiger partial charge in [-0.05, 0) is 44.1 Å². The summed E-state index contributed by atoms with van der Waals surface area (Å²) < 4.78 is 38.9. The molecule has 0 saturated heterocycles. The molecule has 0 aliphatic carbocycles. The van der Waals surface area contributed by atoms with E-state index < -0.39 is 15.8 Å². The number of benzene rings is 1. The van der Waals surface area contributed by atoms with Crippen LogP contribution < -0.4 is 10.0 Å². The molecule has 0 aliphatic rings. The fourth-order valence-electron chi connectivity index (χ4n) is 1.48. The van der Waals surface area contributed by atoms with Gasteiger partial charge in [0.25, 0.3) is 0 Å². The van der Waals surface area contributed by atoms with Gasteiger partial charge in [0.1, 0.15) is 5.82 Å². The summed E-state index contributed by atoms with van der Waals surface area (Å²) in [7, 11) is -3.50. The fourth-order valence-corrected chi connectivity index (χ4v) is 2.83. The molecule has 0 heterocycles. The third-order valence-electron chi connectivity index (χ3n) is 2.39. The van der Waals surface area contributed by atoms with Crippen LogP contribution in [0.1, 0.15) is 19.8 Å². The predicted molar refractivity (Wildman–Crippen MR) is 76.6 cm³/mol. The molecule has 0 aromatic heterocycles. The summed E-state index contributed by atoms with van der Waals surface area (Å²) in [6.45, 7) is 3.53. The maximum absolute atomic E-state index is 13.0. The average Bonchev–Trinajstić information content (AvgIpc) is 2.33. The highest BCUT2D eigenvalue weighted by molar-refractivity contribution is 7.92. The van der Waals surface area contributed by atoms with E-state index in [0.717, 1.165) is 19.0 Å². The topological polar surface area (TPSA) is 58.2 Å². The van der Waals surface area contributed by atoms with Gasteiger partial charge in [0.05, 0.1) is 16.5 Å². The van der Waals surface area contributed by atoms with Gasteiger partial charge in [0.15, 0.2) is 0 Å². The van der Waals surface area contributed by atoms with E-state index in [0.29, 0.717) is 13.0 Å². The molecule has 108 valence electrons. The molecule has 0 spiro atoms. The Morgan fingerprint density at radius 3 is 2.74 bits per heavy atom. The van der Waals surface area contributed by atoms with Crippen LogP contribution in [-0.2, 0) is 10.0 Å². The first-order valence-corrected chi connectivity index (χ1v) is 8.14. The van der Waals surface area contributed by atoms with Crippen molar-refractivity contribution < 1.29 is 12.8 Å². The molecule has 0 radical (unpaired) electrons. The average molecular weight is 309 g/mol. The molecule has 0 unspecified atom stereocenters. The number of hydrogen-bond donors (Lipinski definition) is 2. The van der Waals surface area contributed by atoms with Crippen molar-refractivity contribution in [3.8, 4) is 0 Å². The Kier molecular flexibility index (Phi) is 6.54. The molecule has 0 atom stereocenters. The maximum Gasteiger partial charge on any atom is 0.232 e. The lowest BCUT2D eigenvalue weighted by molar-refractivity contribution is 0.593. The minimum absolute atomic E-state index is 0.0312. The molecule has 7 heteroatoms. The first kappa shape index (κ1) is 16.2. The normalized spacial score (nSPS) is 11.5. The minimum Gasteiger partial charge on any atom is -0.317 e. The molecular formula is C12H18ClFN2O2S. The van der Waals surface area contributed by atoms with Crippen LogP contribution in [0.5, 0.6) is 0 Å². The van der Waals surface area contributed by atoms with Crippen LogP contribution in [0.3, 0.4) is 0 Å². The highest BCUT2D eigenvalue weighted by Crippen LogP contribution is 2.23. The van der Waals surface area contributed by atoms with E-state index in [2.05, 4.69) is 10.0 Å². The van der Waals surface area contributed by atoms with Crippen LogP contribution in [0, 0.1) is 5.82 Å². The SMILES string of the molecule is CCCNCCCS(=O)(=O)Nc1cc(F)ccc1Cl. The van der Waals surface area contributed by atoms with Crippen molar-refractivity contribution in [2.24, 2.45) is 0 Å². The number of rotatable bonds is 8. The van der Waals surface area contributed by atoms with Gasteiger partial charge < -0.3 is 5.32 Å². The Morgan fingerprint density at radius 2 is 2.05 bits per heavy atom. The largest absolute Gasteiger partial charge is 0.317 e. The van der Waals surface area contributed by atoms with Crippen LogP contribution in [0.2, 0.25) is 5.02 Å². The van der Waals surface area contributed by atoms with Crippen LogP contribution >= 0.6 is 11.6 Å². The quantitative estimate of drug-likeness (QED) is 0.726. The molecule has 0 amide bonds. The zero-order chi connectivity index (χ0) is 14.3. The van der Waals surface area contributed by atoms with Crippen LogP contribution in [0.4, 0.5) is 10.1 Å². The molecule has 2 N–H and O–H groups in total. The molecule has 0 fully saturated rings. The highest BCUT2D eigenvalue weighted by atomic mass is 35.5. The van der Waals surface area contributed by atoms with Gasteiger partial charge in [0, 0.05) is 0 Å². The second-order valence-corrected chi connectivity index (χ2v) is 6.40. The van der Waals surface area contributed by atoms with Crippen molar-refractivity contribution in [2.45, 2.75) is 19.8 Å². The van der Waals surface area contributed by atoms with E-state index in [1.165, 1.54) is 12.1 Å². The van der Waals surface area contributed by atoms with Crippen molar-refractivity contribution in [3.63, 3.8) is 0 Å². The van der Waals surface area contributed by atoms with Crippen molar-refractivity contribution in [2.75, 3.05) is 23.6 Å². The molecule has 1 aromatic carbocycles. The van der Waals surface area contributed by atoms with Crippen LogP contribution in [0.25, 0.3) is 0 Å². The number of hydrogen-bond acceptors (Lipinski definition) is 3. The summed E-state index contributed by atoms with van der Waals surface area (Å²) in [4.78, 5) is 0. The Bertz CT molecular complexity index is 508. The number of anilines is 1. The minimum atomic E-state index is -3.50. The van der Waals surface area contributed by atoms with E-state index >= 15 is 0 Å². The summed E-state index contributed by atoms with van der Waals surface area (Å²) in [5.41, 5.74) is 0.0724. The van der Waals surface area contributed by atoms with Crippen molar-refractivity contribution >= 4 is 27.3 Å². The third kappa shape index (κ3) is 6.22. The van der Waals surface area contributed by atoms with Crippen molar-refractivity contribution in [3.05, 3.63) is 29.0 Å². The lowest BCUT2D eigenvalue weighted by atomic mass is 10.3. The van der Waals surface area contributed by atoms with Gasteiger partial charge in [-0.25, -0.2) is 12.8 Å². The zero-order valence-electron chi connectivity index (χ0n) is 10.7. The fraction of sp³-hybridized carbons (Fsp3) is 0.500. The second-order valence-electron chi connectivity index (χ2n) is 4.15. The lowest BCUT2D eigenvalue weighted by Crippen LogP contribution is -2.22. The first-order chi connectivity index (χ1) is 8.94. The summed E-state index contributed by atoms with van der Waals surface area (Å²) in [6.07, 6.45) is 1.49. The van der Waals surface area contributed by atoms with Gasteiger partial charge in [-0.1, -0.05) is 18.5 Å². The zero-order valence-corrected chi connectivity index (χ0v) is 12.3. The van der Waals surface area contributed by atoms with Gasteiger partial charge in [-0.3, -0.25) is 4.72 Å². The van der Waals surface area contributed by atoms with E-state index in [9.17, 15) is 12.8 Å². The van der Waals surface area contributed by atoms with Crippen LogP contribution in [0.15, 0.2) is 18.2 Å². The first-order valence-electron chi connectivity index (χ1n) is 6.11. The van der Waals surface area contributed by atoms with Gasteiger partial charge in [-0.15, -0.1) is 0 Å². The summed E-state index contributed by atoms with van der Waals surface area (Å²) >= 11 is 5.80. The molecule has 1 aromatic rings. The third-order valence-corrected chi connectivity index (χ3v) is 4.07. The van der Waals surface area contributed by atoms with Gasteiger partial charge in [-0.2, -0.15) is 0 Å². The molecule has 0 aliphatic heterocycles. The number of halogens is 2. The van der Waals surface area contributed by atoms with Crippen molar-refractivity contribution in [1.29, 1.82) is 0 Å². The Balaban J connectivity index is 2.52. The maximum atomic E-state index is 13.0. The van der Waals surface area contributed by atoms with E-state index in [-0.39, 0.29) is 16.5 Å². The summed E-state index contributed by atoms with van der Waals surface area (Å²) in [5, 5.41) is 3.29. The standard InChI is InChI=1S/C12H18ClFN2O2S/c1-2-6-15-7-3-8-19(17,18)16-12-9-10(14)4-5-11(12)13/h4-5,9,15-16H,2-3,6-8H2,1H3. The summed E-state index contributed by atoms with van der Waals surface area (Å²) in [5.74, 6) is -0.567. The second kappa shape index (κ2) is 7.67. The van der Waals surface area contributed by atoms with E-state index in [4.69, 9.17) is 11.6 Å². The molecule has 0 bridgehead atoms. The Labute approximate surface area is 118 Å². The summed E-state index contributed by atoms with van der Waals surface area (Å²) in [6, 6.07) is 3.56.